The molecule has 0 aliphatic heterocycles. The lowest BCUT2D eigenvalue weighted by atomic mass is 10.2. The lowest BCUT2D eigenvalue weighted by Gasteiger charge is -2.12. The maximum Gasteiger partial charge on any atom is 0.433 e. The molecule has 1 heterocycles. The van der Waals surface area contributed by atoms with Crippen LogP contribution in [0.1, 0.15) is 18.2 Å². The SMILES string of the molecule is CCOCCOc1nc(C(F)(F)F)ccc1C(N)=NO. The van der Waals surface area contributed by atoms with Gasteiger partial charge in [0.15, 0.2) is 5.84 Å². The first-order chi connectivity index (χ1) is 9.40. The number of pyridine rings is 1. The fourth-order valence-corrected chi connectivity index (χ4v) is 1.30. The van der Waals surface area contributed by atoms with Gasteiger partial charge in [-0.05, 0) is 19.1 Å². The molecule has 6 nitrogen and oxygen atoms in total. The second-order valence-corrected chi connectivity index (χ2v) is 3.58. The van der Waals surface area contributed by atoms with Crippen molar-refractivity contribution < 1.29 is 27.9 Å². The summed E-state index contributed by atoms with van der Waals surface area (Å²) in [7, 11) is 0. The number of hydrogen-bond donors (Lipinski definition) is 2. The summed E-state index contributed by atoms with van der Waals surface area (Å²) in [4.78, 5) is 3.34. The second-order valence-electron chi connectivity index (χ2n) is 3.58. The Bertz CT molecular complexity index is 478. The van der Waals surface area contributed by atoms with E-state index >= 15 is 0 Å². The molecule has 112 valence electrons. The zero-order chi connectivity index (χ0) is 15.2. The molecular formula is C11H14F3N3O3. The number of ether oxygens (including phenoxy) is 2. The van der Waals surface area contributed by atoms with Gasteiger partial charge in [0.05, 0.1) is 12.2 Å². The summed E-state index contributed by atoms with van der Waals surface area (Å²) < 4.78 is 47.8. The smallest absolute Gasteiger partial charge is 0.433 e. The Balaban J connectivity index is 3.01. The van der Waals surface area contributed by atoms with Gasteiger partial charge >= 0.3 is 6.18 Å². The average molecular weight is 293 g/mol. The van der Waals surface area contributed by atoms with Crippen molar-refractivity contribution in [2.24, 2.45) is 10.9 Å². The van der Waals surface area contributed by atoms with Gasteiger partial charge in [0.2, 0.25) is 5.88 Å². The molecule has 0 unspecified atom stereocenters. The Morgan fingerprint density at radius 3 is 2.65 bits per heavy atom. The fourth-order valence-electron chi connectivity index (χ4n) is 1.30. The number of amidine groups is 1. The summed E-state index contributed by atoms with van der Waals surface area (Å²) in [6.07, 6.45) is -4.61. The van der Waals surface area contributed by atoms with Crippen molar-refractivity contribution in [3.63, 3.8) is 0 Å². The number of rotatable bonds is 6. The number of alkyl halides is 3. The molecule has 1 rings (SSSR count). The van der Waals surface area contributed by atoms with Crippen LogP contribution < -0.4 is 10.5 Å². The minimum absolute atomic E-state index is 0.00609. The van der Waals surface area contributed by atoms with Gasteiger partial charge in [0, 0.05) is 6.61 Å². The Labute approximate surface area is 113 Å². The van der Waals surface area contributed by atoms with Crippen molar-refractivity contribution >= 4 is 5.84 Å². The van der Waals surface area contributed by atoms with Crippen LogP contribution in [0.2, 0.25) is 0 Å². The third-order valence-electron chi connectivity index (χ3n) is 2.20. The summed E-state index contributed by atoms with van der Waals surface area (Å²) in [6, 6.07) is 1.75. The van der Waals surface area contributed by atoms with Gasteiger partial charge in [-0.25, -0.2) is 4.98 Å². The molecule has 0 saturated carbocycles. The van der Waals surface area contributed by atoms with Gasteiger partial charge in [-0.3, -0.25) is 0 Å². The van der Waals surface area contributed by atoms with E-state index in [1.165, 1.54) is 0 Å². The molecule has 0 aliphatic rings. The Morgan fingerprint density at radius 2 is 2.10 bits per heavy atom. The van der Waals surface area contributed by atoms with Crippen molar-refractivity contribution in [1.82, 2.24) is 4.98 Å². The molecule has 1 aromatic rings. The molecule has 0 spiro atoms. The predicted molar refractivity (Wildman–Crippen MR) is 63.7 cm³/mol. The van der Waals surface area contributed by atoms with E-state index in [-0.39, 0.29) is 24.7 Å². The first-order valence-corrected chi connectivity index (χ1v) is 5.66. The van der Waals surface area contributed by atoms with Crippen LogP contribution in [-0.2, 0) is 10.9 Å². The summed E-state index contributed by atoms with van der Waals surface area (Å²) >= 11 is 0. The number of nitrogens with zero attached hydrogens (tertiary/aromatic N) is 2. The molecule has 0 aliphatic carbocycles. The van der Waals surface area contributed by atoms with Crippen LogP contribution in [0.5, 0.6) is 5.88 Å². The fraction of sp³-hybridized carbons (Fsp3) is 0.455. The van der Waals surface area contributed by atoms with Gasteiger partial charge in [0.25, 0.3) is 0 Å². The van der Waals surface area contributed by atoms with Crippen molar-refractivity contribution in [3.8, 4) is 5.88 Å². The van der Waals surface area contributed by atoms with Gasteiger partial charge in [0.1, 0.15) is 12.3 Å². The van der Waals surface area contributed by atoms with Crippen LogP contribution in [-0.4, -0.2) is 35.8 Å². The number of halogens is 3. The van der Waals surface area contributed by atoms with Crippen molar-refractivity contribution in [2.45, 2.75) is 13.1 Å². The van der Waals surface area contributed by atoms with Crippen LogP contribution in [0.4, 0.5) is 13.2 Å². The Morgan fingerprint density at radius 1 is 1.40 bits per heavy atom. The van der Waals surface area contributed by atoms with Crippen LogP contribution in [0.15, 0.2) is 17.3 Å². The molecule has 0 aromatic carbocycles. The molecule has 1 aromatic heterocycles. The van der Waals surface area contributed by atoms with Gasteiger partial charge in [-0.1, -0.05) is 5.16 Å². The predicted octanol–water partition coefficient (Wildman–Crippen LogP) is 1.61. The molecule has 0 amide bonds. The summed E-state index contributed by atoms with van der Waals surface area (Å²) in [5.74, 6) is -0.757. The molecule has 3 N–H and O–H groups in total. The van der Waals surface area contributed by atoms with Crippen molar-refractivity contribution in [2.75, 3.05) is 19.8 Å². The minimum atomic E-state index is -4.61. The first kappa shape index (κ1) is 16.0. The van der Waals surface area contributed by atoms with Crippen LogP contribution in [0.25, 0.3) is 0 Å². The molecule has 0 fully saturated rings. The van der Waals surface area contributed by atoms with Crippen LogP contribution in [0, 0.1) is 0 Å². The van der Waals surface area contributed by atoms with Crippen LogP contribution >= 0.6 is 0 Å². The molecule has 9 heteroatoms. The summed E-state index contributed by atoms with van der Waals surface area (Å²) in [5, 5.41) is 11.3. The normalized spacial score (nSPS) is 12.5. The third kappa shape index (κ3) is 4.26. The highest BCUT2D eigenvalue weighted by Gasteiger charge is 2.33. The van der Waals surface area contributed by atoms with E-state index in [4.69, 9.17) is 20.4 Å². The average Bonchev–Trinajstić information content (AvgIpc) is 2.41. The number of hydrogen-bond acceptors (Lipinski definition) is 5. The molecule has 0 saturated heterocycles. The zero-order valence-corrected chi connectivity index (χ0v) is 10.6. The van der Waals surface area contributed by atoms with Crippen LogP contribution in [0.3, 0.4) is 0 Å². The quantitative estimate of drug-likeness (QED) is 0.273. The number of aromatic nitrogens is 1. The lowest BCUT2D eigenvalue weighted by molar-refractivity contribution is -0.141. The second kappa shape index (κ2) is 6.94. The van der Waals surface area contributed by atoms with E-state index in [0.29, 0.717) is 6.61 Å². The Hall–Kier alpha value is -2.03. The van der Waals surface area contributed by atoms with Crippen molar-refractivity contribution in [3.05, 3.63) is 23.4 Å². The van der Waals surface area contributed by atoms with E-state index < -0.39 is 17.7 Å². The van der Waals surface area contributed by atoms with E-state index in [1.54, 1.807) is 6.92 Å². The van der Waals surface area contributed by atoms with Gasteiger partial charge < -0.3 is 20.4 Å². The van der Waals surface area contributed by atoms with Gasteiger partial charge in [-0.2, -0.15) is 13.2 Å². The summed E-state index contributed by atoms with van der Waals surface area (Å²) in [6.45, 7) is 2.40. The van der Waals surface area contributed by atoms with Crippen molar-refractivity contribution in [1.29, 1.82) is 0 Å². The lowest BCUT2D eigenvalue weighted by Crippen LogP contribution is -2.19. The van der Waals surface area contributed by atoms with E-state index in [1.807, 2.05) is 0 Å². The maximum atomic E-state index is 12.6. The standard InChI is InChI=1S/C11H14F3N3O3/c1-2-19-5-6-20-10-7(9(15)17-18)3-4-8(16-10)11(12,13)14/h3-4,18H,2,5-6H2,1H3,(H2,15,17). The molecule has 0 radical (unpaired) electrons. The largest absolute Gasteiger partial charge is 0.475 e. The van der Waals surface area contributed by atoms with Gasteiger partial charge in [-0.15, -0.1) is 0 Å². The minimum Gasteiger partial charge on any atom is -0.475 e. The zero-order valence-electron chi connectivity index (χ0n) is 10.6. The third-order valence-corrected chi connectivity index (χ3v) is 2.20. The first-order valence-electron chi connectivity index (χ1n) is 5.66. The number of nitrogens with two attached hydrogens (primary N) is 1. The van der Waals surface area contributed by atoms with E-state index in [2.05, 4.69) is 10.1 Å². The monoisotopic (exact) mass is 293 g/mol. The highest BCUT2D eigenvalue weighted by Crippen LogP contribution is 2.30. The number of oxime groups is 1. The summed E-state index contributed by atoms with van der Waals surface area (Å²) in [5.41, 5.74) is 4.20. The molecular weight excluding hydrogens is 279 g/mol. The molecule has 0 atom stereocenters. The topological polar surface area (TPSA) is 90.0 Å². The van der Waals surface area contributed by atoms with E-state index in [9.17, 15) is 13.2 Å². The highest BCUT2D eigenvalue weighted by molar-refractivity contribution is 5.99. The Kier molecular flexibility index (Phi) is 5.56. The maximum absolute atomic E-state index is 12.6. The molecule has 0 bridgehead atoms. The van der Waals surface area contributed by atoms with E-state index in [0.717, 1.165) is 12.1 Å². The highest BCUT2D eigenvalue weighted by atomic mass is 19.4. The molecule has 20 heavy (non-hydrogen) atoms.